The van der Waals surface area contributed by atoms with E-state index in [0.29, 0.717) is 28.5 Å². The molecule has 0 fully saturated rings. The molecule has 33 heavy (non-hydrogen) atoms. The molecule has 0 N–H and O–H groups in total. The third-order valence-electron chi connectivity index (χ3n) is 6.05. The van der Waals surface area contributed by atoms with E-state index in [1.54, 1.807) is 20.3 Å². The van der Waals surface area contributed by atoms with Crippen molar-refractivity contribution in [3.05, 3.63) is 76.2 Å². The van der Waals surface area contributed by atoms with Crippen molar-refractivity contribution in [2.45, 2.75) is 38.4 Å². The first-order valence-corrected chi connectivity index (χ1v) is 12.0. The molecule has 1 atom stereocenters. The highest BCUT2D eigenvalue weighted by molar-refractivity contribution is 7.99. The van der Waals surface area contributed by atoms with Gasteiger partial charge < -0.3 is 4.90 Å². The van der Waals surface area contributed by atoms with Crippen LogP contribution in [0.5, 0.6) is 0 Å². The number of anilines is 1. The summed E-state index contributed by atoms with van der Waals surface area (Å²) in [6.45, 7) is 6.57. The summed E-state index contributed by atoms with van der Waals surface area (Å²) in [6, 6.07) is 15.6. The van der Waals surface area contributed by atoms with Gasteiger partial charge in [-0.3, -0.25) is 14.2 Å². The molecule has 0 bridgehead atoms. The Morgan fingerprint density at radius 2 is 2.00 bits per heavy atom. The van der Waals surface area contributed by atoms with Crippen LogP contribution >= 0.6 is 11.8 Å². The second-order valence-corrected chi connectivity index (χ2v) is 9.28. The number of aromatic nitrogens is 4. The summed E-state index contributed by atoms with van der Waals surface area (Å²) in [5, 5.41) is 5.54. The van der Waals surface area contributed by atoms with Crippen molar-refractivity contribution in [1.29, 1.82) is 0 Å². The number of nitrogens with zero attached hydrogens (tertiary/aromatic N) is 5. The Kier molecular flexibility index (Phi) is 5.54. The number of rotatable bonds is 5. The normalized spacial score (nSPS) is 15.1. The zero-order valence-corrected chi connectivity index (χ0v) is 19.7. The van der Waals surface area contributed by atoms with E-state index in [-0.39, 0.29) is 23.9 Å². The summed E-state index contributed by atoms with van der Waals surface area (Å²) >= 11 is 1.52. The van der Waals surface area contributed by atoms with Gasteiger partial charge in [-0.1, -0.05) is 42.1 Å². The van der Waals surface area contributed by atoms with E-state index in [9.17, 15) is 9.59 Å². The lowest BCUT2D eigenvalue weighted by molar-refractivity contribution is -0.119. The number of benzene rings is 2. The Bertz CT molecular complexity index is 1420. The molecule has 0 aliphatic carbocycles. The summed E-state index contributed by atoms with van der Waals surface area (Å²) in [4.78, 5) is 33.2. The molecular weight excluding hydrogens is 434 g/mol. The fourth-order valence-electron chi connectivity index (χ4n) is 4.39. The number of amides is 1. The summed E-state index contributed by atoms with van der Waals surface area (Å²) < 4.78 is 3.39. The molecule has 1 aliphatic rings. The maximum Gasteiger partial charge on any atom is 0.265 e. The van der Waals surface area contributed by atoms with Crippen LogP contribution in [0, 0.1) is 13.8 Å². The quantitative estimate of drug-likeness (QED) is 0.416. The highest BCUT2D eigenvalue weighted by atomic mass is 32.2. The minimum Gasteiger partial charge on any atom is -0.312 e. The van der Waals surface area contributed by atoms with E-state index < -0.39 is 0 Å². The minimum absolute atomic E-state index is 0.00713. The van der Waals surface area contributed by atoms with Crippen molar-refractivity contribution >= 4 is 34.4 Å². The lowest BCUT2D eigenvalue weighted by Gasteiger charge is -2.24. The van der Waals surface area contributed by atoms with Gasteiger partial charge in [-0.2, -0.15) is 5.10 Å². The second-order valence-electron chi connectivity index (χ2n) is 8.30. The number of fused-ring (bicyclic) bond motifs is 2. The topological polar surface area (TPSA) is 73.0 Å². The Morgan fingerprint density at radius 1 is 1.18 bits per heavy atom. The molecule has 4 aromatic rings. The first-order valence-electron chi connectivity index (χ1n) is 11.0. The molecule has 3 heterocycles. The maximum absolute atomic E-state index is 13.4. The summed E-state index contributed by atoms with van der Waals surface area (Å²) in [5.74, 6) is 0.650. The first kappa shape index (κ1) is 21.5. The SMILES string of the molecule is CCN(C(=O)CC1CSc2nc3c(cnn3-c3cccc(C)c3)c(=O)n21)c1ccccc1C. The molecule has 2 aromatic heterocycles. The van der Waals surface area contributed by atoms with Gasteiger partial charge in [0.2, 0.25) is 5.91 Å². The number of para-hydroxylation sites is 1. The first-order chi connectivity index (χ1) is 16.0. The fraction of sp³-hybridized carbons (Fsp3) is 0.280. The van der Waals surface area contributed by atoms with Gasteiger partial charge in [0.15, 0.2) is 10.8 Å². The number of carbonyl (C=O) groups is 1. The van der Waals surface area contributed by atoms with Crippen LogP contribution in [0.15, 0.2) is 64.7 Å². The maximum atomic E-state index is 13.4. The van der Waals surface area contributed by atoms with Crippen LogP contribution in [0.25, 0.3) is 16.7 Å². The second kappa shape index (κ2) is 8.51. The third kappa shape index (κ3) is 3.74. The highest BCUT2D eigenvalue weighted by Gasteiger charge is 2.31. The standard InChI is InChI=1S/C25H25N5O2S/c1-4-28(21-11-6-5-9-17(21)3)22(31)13-19-15-33-25-27-23-20(24(32)29(19)25)14-26-30(23)18-10-7-8-16(2)12-18/h5-12,14,19H,4,13,15H2,1-3H3. The Morgan fingerprint density at radius 3 is 2.76 bits per heavy atom. The van der Waals surface area contributed by atoms with Gasteiger partial charge in [0.05, 0.1) is 17.9 Å². The smallest absolute Gasteiger partial charge is 0.265 e. The Balaban J connectivity index is 1.49. The van der Waals surface area contributed by atoms with Crippen LogP contribution in [0.1, 0.15) is 30.5 Å². The van der Waals surface area contributed by atoms with Gasteiger partial charge in [0, 0.05) is 24.4 Å². The van der Waals surface area contributed by atoms with Gasteiger partial charge in [0.1, 0.15) is 5.39 Å². The molecule has 0 radical (unpaired) electrons. The molecule has 0 spiro atoms. The molecule has 7 nitrogen and oxygen atoms in total. The molecule has 1 aliphatic heterocycles. The molecule has 5 rings (SSSR count). The van der Waals surface area contributed by atoms with E-state index in [2.05, 4.69) is 5.10 Å². The van der Waals surface area contributed by atoms with Gasteiger partial charge in [0.25, 0.3) is 5.56 Å². The monoisotopic (exact) mass is 459 g/mol. The van der Waals surface area contributed by atoms with Gasteiger partial charge >= 0.3 is 0 Å². The predicted molar refractivity (Wildman–Crippen MR) is 131 cm³/mol. The summed E-state index contributed by atoms with van der Waals surface area (Å²) in [7, 11) is 0. The van der Waals surface area contributed by atoms with Crippen LogP contribution in [0.4, 0.5) is 5.69 Å². The van der Waals surface area contributed by atoms with Crippen LogP contribution in [-0.4, -0.2) is 37.5 Å². The highest BCUT2D eigenvalue weighted by Crippen LogP contribution is 2.34. The number of aryl methyl sites for hydroxylation is 2. The number of carbonyl (C=O) groups excluding carboxylic acids is 1. The van der Waals surface area contributed by atoms with Gasteiger partial charge in [-0.05, 0) is 50.1 Å². The number of hydrogen-bond acceptors (Lipinski definition) is 5. The summed E-state index contributed by atoms with van der Waals surface area (Å²) in [5.41, 5.74) is 4.35. The van der Waals surface area contributed by atoms with Crippen molar-refractivity contribution in [3.63, 3.8) is 0 Å². The zero-order chi connectivity index (χ0) is 23.1. The Labute approximate surface area is 196 Å². The number of hydrogen-bond donors (Lipinski definition) is 0. The van der Waals surface area contributed by atoms with Crippen LogP contribution in [0.2, 0.25) is 0 Å². The van der Waals surface area contributed by atoms with Crippen molar-refractivity contribution in [1.82, 2.24) is 19.3 Å². The van der Waals surface area contributed by atoms with E-state index in [1.807, 2.05) is 69.3 Å². The van der Waals surface area contributed by atoms with Crippen molar-refractivity contribution < 1.29 is 4.79 Å². The van der Waals surface area contributed by atoms with Gasteiger partial charge in [-0.25, -0.2) is 9.67 Å². The fourth-order valence-corrected chi connectivity index (χ4v) is 5.52. The van der Waals surface area contributed by atoms with Crippen LogP contribution < -0.4 is 10.5 Å². The minimum atomic E-state index is -0.234. The van der Waals surface area contributed by atoms with Crippen molar-refractivity contribution in [2.75, 3.05) is 17.2 Å². The predicted octanol–water partition coefficient (Wildman–Crippen LogP) is 4.29. The molecule has 168 valence electrons. The Hall–Kier alpha value is -3.39. The lowest BCUT2D eigenvalue weighted by Crippen LogP contribution is -2.35. The van der Waals surface area contributed by atoms with Crippen molar-refractivity contribution in [3.8, 4) is 5.69 Å². The lowest BCUT2D eigenvalue weighted by atomic mass is 10.1. The largest absolute Gasteiger partial charge is 0.312 e. The average Bonchev–Trinajstić information content (AvgIpc) is 3.40. The van der Waals surface area contributed by atoms with Crippen LogP contribution in [-0.2, 0) is 4.79 Å². The molecule has 0 saturated carbocycles. The molecular formula is C25H25N5O2S. The molecule has 1 unspecified atom stereocenters. The average molecular weight is 460 g/mol. The van der Waals surface area contributed by atoms with E-state index in [1.165, 1.54) is 11.8 Å². The summed E-state index contributed by atoms with van der Waals surface area (Å²) in [6.07, 6.45) is 1.83. The van der Waals surface area contributed by atoms with Crippen molar-refractivity contribution in [2.24, 2.45) is 0 Å². The third-order valence-corrected chi connectivity index (χ3v) is 7.15. The zero-order valence-electron chi connectivity index (χ0n) is 18.9. The van der Waals surface area contributed by atoms with Gasteiger partial charge in [-0.15, -0.1) is 0 Å². The van der Waals surface area contributed by atoms with Crippen LogP contribution in [0.3, 0.4) is 0 Å². The molecule has 0 saturated heterocycles. The van der Waals surface area contributed by atoms with E-state index in [0.717, 1.165) is 22.5 Å². The number of thioether (sulfide) groups is 1. The molecule has 8 heteroatoms. The van der Waals surface area contributed by atoms with E-state index in [4.69, 9.17) is 4.98 Å². The van der Waals surface area contributed by atoms with E-state index >= 15 is 0 Å². The molecule has 2 aromatic carbocycles. The molecule has 1 amide bonds.